The summed E-state index contributed by atoms with van der Waals surface area (Å²) in [6.45, 7) is 15.3. The summed E-state index contributed by atoms with van der Waals surface area (Å²) in [6.07, 6.45) is 15.8. The first-order valence-corrected chi connectivity index (χ1v) is 13.5. The fourth-order valence-electron chi connectivity index (χ4n) is 5.95. The summed E-state index contributed by atoms with van der Waals surface area (Å²) in [6, 6.07) is 0. The van der Waals surface area contributed by atoms with Crippen LogP contribution >= 0.6 is 0 Å². The molecule has 3 heteroatoms. The molecule has 5 atom stereocenters. The zero-order valence-electron chi connectivity index (χ0n) is 22.2. The third kappa shape index (κ3) is 6.93. The van der Waals surface area contributed by atoms with Gasteiger partial charge in [-0.15, -0.1) is 0 Å². The first kappa shape index (κ1) is 27.6. The van der Waals surface area contributed by atoms with Gasteiger partial charge in [0.25, 0.3) is 0 Å². The van der Waals surface area contributed by atoms with E-state index >= 15 is 0 Å². The van der Waals surface area contributed by atoms with Gasteiger partial charge in [-0.2, -0.15) is 0 Å². The van der Waals surface area contributed by atoms with E-state index in [1.165, 1.54) is 43.3 Å². The maximum atomic E-state index is 10.6. The van der Waals surface area contributed by atoms with Crippen molar-refractivity contribution in [1.82, 2.24) is 0 Å². The van der Waals surface area contributed by atoms with E-state index in [-0.39, 0.29) is 11.2 Å². The lowest BCUT2D eigenvalue weighted by Crippen LogP contribution is -2.51. The highest BCUT2D eigenvalue weighted by Gasteiger charge is 2.48. The number of hydrogen-bond acceptors (Lipinski definition) is 3. The largest absolute Gasteiger partial charge is 0.390 e. The Bertz CT molecular complexity index is 661. The van der Waals surface area contributed by atoms with Gasteiger partial charge in [0.15, 0.2) is 0 Å². The van der Waals surface area contributed by atoms with Gasteiger partial charge >= 0.3 is 0 Å². The van der Waals surface area contributed by atoms with Crippen molar-refractivity contribution in [3.8, 4) is 0 Å². The molecule has 5 unspecified atom stereocenters. The molecule has 32 heavy (non-hydrogen) atoms. The Morgan fingerprint density at radius 1 is 1.12 bits per heavy atom. The molecule has 2 rings (SSSR count). The molecule has 0 aromatic heterocycles. The van der Waals surface area contributed by atoms with Gasteiger partial charge in [-0.3, -0.25) is 0 Å². The highest BCUT2D eigenvalue weighted by Crippen LogP contribution is 2.50. The van der Waals surface area contributed by atoms with Crippen LogP contribution in [0.1, 0.15) is 132 Å². The molecule has 0 aromatic carbocycles. The quantitative estimate of drug-likeness (QED) is 0.225. The molecule has 2 N–H and O–H groups in total. The number of aliphatic hydroxyl groups is 2. The zero-order chi connectivity index (χ0) is 24.0. The van der Waals surface area contributed by atoms with Gasteiger partial charge in [-0.25, -0.2) is 0 Å². The lowest BCUT2D eigenvalue weighted by atomic mass is 9.70. The fourth-order valence-corrected chi connectivity index (χ4v) is 5.95. The first-order chi connectivity index (χ1) is 15.0. The van der Waals surface area contributed by atoms with Gasteiger partial charge in [0.2, 0.25) is 0 Å². The molecule has 1 aliphatic carbocycles. The third-order valence-corrected chi connectivity index (χ3v) is 8.49. The molecule has 1 saturated heterocycles. The predicted molar refractivity (Wildman–Crippen MR) is 136 cm³/mol. The molecular formula is C29H52O3. The molecule has 0 aromatic rings. The van der Waals surface area contributed by atoms with Crippen LogP contribution in [0.25, 0.3) is 0 Å². The molecule has 0 bridgehead atoms. The average Bonchev–Trinajstić information content (AvgIpc) is 2.73. The SMILES string of the molecule is CCCCCC(C)(O)CCCC(C)CCCC1(C)CCC2=CC(O)C(C)=C(C)C2(CC)O1. The van der Waals surface area contributed by atoms with Crippen molar-refractivity contribution in [2.75, 3.05) is 0 Å². The third-order valence-electron chi connectivity index (χ3n) is 8.49. The van der Waals surface area contributed by atoms with E-state index in [0.717, 1.165) is 56.9 Å². The maximum absolute atomic E-state index is 10.6. The van der Waals surface area contributed by atoms with Crippen LogP contribution in [0.5, 0.6) is 0 Å². The van der Waals surface area contributed by atoms with Crippen LogP contribution in [-0.4, -0.2) is 33.1 Å². The van der Waals surface area contributed by atoms with E-state index in [0.29, 0.717) is 5.92 Å². The first-order valence-electron chi connectivity index (χ1n) is 13.5. The van der Waals surface area contributed by atoms with E-state index in [1.807, 2.05) is 19.9 Å². The van der Waals surface area contributed by atoms with Crippen molar-refractivity contribution in [2.45, 2.75) is 155 Å². The molecule has 0 radical (unpaired) electrons. The molecule has 2 aliphatic rings. The number of aliphatic hydroxyl groups excluding tert-OH is 1. The maximum Gasteiger partial charge on any atom is 0.111 e. The molecular weight excluding hydrogens is 396 g/mol. The monoisotopic (exact) mass is 448 g/mol. The number of unbranched alkanes of at least 4 members (excludes halogenated alkanes) is 2. The van der Waals surface area contributed by atoms with Crippen LogP contribution in [0.2, 0.25) is 0 Å². The lowest BCUT2D eigenvalue weighted by molar-refractivity contribution is -0.144. The van der Waals surface area contributed by atoms with Crippen LogP contribution in [0.15, 0.2) is 22.8 Å². The van der Waals surface area contributed by atoms with Crippen molar-refractivity contribution >= 4 is 0 Å². The molecule has 0 saturated carbocycles. The smallest absolute Gasteiger partial charge is 0.111 e. The summed E-state index contributed by atoms with van der Waals surface area (Å²) < 4.78 is 6.93. The number of fused-ring (bicyclic) bond motifs is 1. The van der Waals surface area contributed by atoms with Crippen molar-refractivity contribution in [3.05, 3.63) is 22.8 Å². The Balaban J connectivity index is 1.81. The minimum absolute atomic E-state index is 0.0974. The van der Waals surface area contributed by atoms with Crippen LogP contribution in [0.3, 0.4) is 0 Å². The zero-order valence-corrected chi connectivity index (χ0v) is 22.2. The fraction of sp³-hybridized carbons (Fsp3) is 0.862. The standard InChI is InChI=1S/C29H52O3/c1-8-10-11-17-27(6,31)18-12-14-22(3)15-13-19-28(7)20-16-25-21-26(30)23(4)24(5)29(25,9-2)32-28/h21-22,26,30-31H,8-20H2,1-7H3. The van der Waals surface area contributed by atoms with E-state index in [2.05, 4.69) is 34.6 Å². The lowest BCUT2D eigenvalue weighted by Gasteiger charge is -2.51. The Morgan fingerprint density at radius 3 is 2.44 bits per heavy atom. The van der Waals surface area contributed by atoms with Crippen molar-refractivity contribution in [1.29, 1.82) is 0 Å². The van der Waals surface area contributed by atoms with Gasteiger partial charge in [0, 0.05) is 0 Å². The van der Waals surface area contributed by atoms with Crippen LogP contribution in [-0.2, 0) is 4.74 Å². The van der Waals surface area contributed by atoms with E-state index < -0.39 is 11.7 Å². The number of hydrogen-bond donors (Lipinski definition) is 2. The van der Waals surface area contributed by atoms with E-state index in [9.17, 15) is 10.2 Å². The second-order valence-electron chi connectivity index (χ2n) is 11.5. The molecule has 1 heterocycles. The van der Waals surface area contributed by atoms with Gasteiger partial charge in [0.05, 0.1) is 17.3 Å². The summed E-state index contributed by atoms with van der Waals surface area (Å²) in [4.78, 5) is 0. The van der Waals surface area contributed by atoms with Crippen LogP contribution < -0.4 is 0 Å². The summed E-state index contributed by atoms with van der Waals surface area (Å²) in [5.41, 5.74) is 2.65. The Kier molecular flexibility index (Phi) is 10.1. The molecule has 186 valence electrons. The Hall–Kier alpha value is -0.640. The summed E-state index contributed by atoms with van der Waals surface area (Å²) in [5, 5.41) is 21.0. The van der Waals surface area contributed by atoms with Crippen molar-refractivity contribution in [2.24, 2.45) is 5.92 Å². The summed E-state index contributed by atoms with van der Waals surface area (Å²) in [5.74, 6) is 0.693. The van der Waals surface area contributed by atoms with Gasteiger partial charge in [0.1, 0.15) is 5.60 Å². The highest BCUT2D eigenvalue weighted by atomic mass is 16.5. The average molecular weight is 449 g/mol. The summed E-state index contributed by atoms with van der Waals surface area (Å²) >= 11 is 0. The topological polar surface area (TPSA) is 49.7 Å². The second-order valence-corrected chi connectivity index (χ2v) is 11.5. The molecule has 1 fully saturated rings. The number of ether oxygens (including phenoxy) is 1. The van der Waals surface area contributed by atoms with E-state index in [1.54, 1.807) is 0 Å². The molecule has 0 amide bonds. The Morgan fingerprint density at radius 2 is 1.78 bits per heavy atom. The molecule has 3 nitrogen and oxygen atoms in total. The predicted octanol–water partition coefficient (Wildman–Crippen LogP) is 7.65. The minimum Gasteiger partial charge on any atom is -0.390 e. The second kappa shape index (κ2) is 11.7. The van der Waals surface area contributed by atoms with Gasteiger partial charge in [-0.05, 0) is 94.9 Å². The number of rotatable bonds is 13. The minimum atomic E-state index is -0.491. The van der Waals surface area contributed by atoms with Gasteiger partial charge in [-0.1, -0.05) is 65.7 Å². The molecule has 1 aliphatic heterocycles. The van der Waals surface area contributed by atoms with Crippen LogP contribution in [0.4, 0.5) is 0 Å². The Labute approximate surface area is 198 Å². The molecule has 0 spiro atoms. The normalized spacial score (nSPS) is 31.2. The van der Waals surface area contributed by atoms with Crippen molar-refractivity contribution in [3.63, 3.8) is 0 Å². The van der Waals surface area contributed by atoms with Crippen molar-refractivity contribution < 1.29 is 14.9 Å². The van der Waals surface area contributed by atoms with Gasteiger partial charge < -0.3 is 14.9 Å². The van der Waals surface area contributed by atoms with E-state index in [4.69, 9.17) is 4.74 Å². The summed E-state index contributed by atoms with van der Waals surface area (Å²) in [7, 11) is 0. The van der Waals surface area contributed by atoms with Crippen LogP contribution in [0, 0.1) is 5.92 Å². The highest BCUT2D eigenvalue weighted by molar-refractivity contribution is 5.44.